The monoisotopic (exact) mass is 352 g/mol. The van der Waals surface area contributed by atoms with E-state index in [9.17, 15) is 9.59 Å². The average molecular weight is 352 g/mol. The first kappa shape index (κ1) is 16.8. The summed E-state index contributed by atoms with van der Waals surface area (Å²) in [6, 6.07) is 9.31. The van der Waals surface area contributed by atoms with E-state index < -0.39 is 0 Å². The number of rotatable bonds is 2. The van der Waals surface area contributed by atoms with Crippen LogP contribution in [0.5, 0.6) is 0 Å². The molecule has 1 amide bonds. The fourth-order valence-corrected chi connectivity index (χ4v) is 4.32. The Balaban J connectivity index is 1.80. The summed E-state index contributed by atoms with van der Waals surface area (Å²) in [5, 5.41) is 0.890. The largest absolute Gasteiger partial charge is 0.341 e. The minimum absolute atomic E-state index is 0.115. The second-order valence-corrected chi connectivity index (χ2v) is 7.69. The van der Waals surface area contributed by atoms with Crippen LogP contribution in [0.2, 0.25) is 0 Å². The van der Waals surface area contributed by atoms with Gasteiger partial charge in [0.25, 0.3) is 5.56 Å². The van der Waals surface area contributed by atoms with Gasteiger partial charge in [0, 0.05) is 30.2 Å². The van der Waals surface area contributed by atoms with Gasteiger partial charge in [0.05, 0.1) is 5.52 Å². The lowest BCUT2D eigenvalue weighted by molar-refractivity contribution is -0.134. The maximum atomic E-state index is 13.0. The summed E-state index contributed by atoms with van der Waals surface area (Å²) in [4.78, 5) is 31.1. The number of likely N-dealkylation sites (tertiary alicyclic amines) is 1. The number of amides is 1. The van der Waals surface area contributed by atoms with Gasteiger partial charge >= 0.3 is 0 Å². The van der Waals surface area contributed by atoms with E-state index in [2.05, 4.69) is 18.8 Å². The fourth-order valence-electron chi connectivity index (χ4n) is 4.32. The van der Waals surface area contributed by atoms with Crippen molar-refractivity contribution in [3.63, 3.8) is 0 Å². The van der Waals surface area contributed by atoms with Gasteiger partial charge in [0.2, 0.25) is 5.91 Å². The highest BCUT2D eigenvalue weighted by Crippen LogP contribution is 2.24. The lowest BCUT2D eigenvalue weighted by atomic mass is 9.92. The third-order valence-corrected chi connectivity index (χ3v) is 5.25. The van der Waals surface area contributed by atoms with Crippen molar-refractivity contribution in [3.8, 4) is 0 Å². The van der Waals surface area contributed by atoms with Crippen molar-refractivity contribution in [2.75, 3.05) is 13.1 Å². The van der Waals surface area contributed by atoms with E-state index in [1.165, 1.54) is 12.5 Å². The van der Waals surface area contributed by atoms with E-state index in [0.29, 0.717) is 17.5 Å². The van der Waals surface area contributed by atoms with Crippen molar-refractivity contribution in [1.29, 1.82) is 0 Å². The summed E-state index contributed by atoms with van der Waals surface area (Å²) < 4.78 is 3.83. The smallest absolute Gasteiger partial charge is 0.273 e. The Hall–Kier alpha value is -2.63. The lowest BCUT2D eigenvalue weighted by Gasteiger charge is -2.35. The standard InChI is InChI=1S/C20H24N4O2/c1-13-8-14(2)11-22(10-13)19(26)12-23-17-7-5-4-6-16(17)20-21-18(25)9-15(3)24(20)23/h4-7,9,13-14H,8,10-12H2,1-3H3. The zero-order valence-corrected chi connectivity index (χ0v) is 15.5. The van der Waals surface area contributed by atoms with E-state index >= 15 is 0 Å². The Morgan fingerprint density at radius 1 is 1.19 bits per heavy atom. The normalized spacial score (nSPS) is 20.8. The molecular weight excluding hydrogens is 328 g/mol. The van der Waals surface area contributed by atoms with Crippen molar-refractivity contribution in [3.05, 3.63) is 46.4 Å². The molecule has 136 valence electrons. The van der Waals surface area contributed by atoms with E-state index in [4.69, 9.17) is 0 Å². The van der Waals surface area contributed by atoms with Gasteiger partial charge < -0.3 is 4.90 Å². The minimum atomic E-state index is -0.254. The number of aryl methyl sites for hydroxylation is 1. The van der Waals surface area contributed by atoms with Gasteiger partial charge in [-0.25, -0.2) is 4.52 Å². The molecule has 4 rings (SSSR count). The van der Waals surface area contributed by atoms with Gasteiger partial charge in [-0.15, -0.1) is 0 Å². The van der Waals surface area contributed by atoms with Gasteiger partial charge in [-0.3, -0.25) is 14.3 Å². The first-order chi connectivity index (χ1) is 12.4. The van der Waals surface area contributed by atoms with Crippen molar-refractivity contribution < 1.29 is 4.79 Å². The van der Waals surface area contributed by atoms with Crippen LogP contribution in [0.4, 0.5) is 0 Å². The molecule has 0 spiro atoms. The number of fused-ring (bicyclic) bond motifs is 3. The highest BCUT2D eigenvalue weighted by atomic mass is 16.2. The summed E-state index contributed by atoms with van der Waals surface area (Å²) in [6.07, 6.45) is 1.17. The Bertz CT molecular complexity index is 1040. The maximum Gasteiger partial charge on any atom is 0.273 e. The summed E-state index contributed by atoms with van der Waals surface area (Å²) in [5.74, 6) is 1.17. The molecule has 0 radical (unpaired) electrons. The second kappa shape index (κ2) is 6.27. The van der Waals surface area contributed by atoms with Gasteiger partial charge in [-0.2, -0.15) is 4.98 Å². The molecular formula is C20H24N4O2. The molecule has 3 aromatic rings. The van der Waals surface area contributed by atoms with Crippen LogP contribution in [0.25, 0.3) is 16.6 Å². The fraction of sp³-hybridized carbons (Fsp3) is 0.450. The van der Waals surface area contributed by atoms with E-state index in [0.717, 1.165) is 29.7 Å². The molecule has 6 heteroatoms. The Morgan fingerprint density at radius 3 is 2.62 bits per heavy atom. The summed E-state index contributed by atoms with van der Waals surface area (Å²) in [7, 11) is 0. The number of para-hydroxylation sites is 1. The van der Waals surface area contributed by atoms with Crippen molar-refractivity contribution in [2.45, 2.75) is 33.7 Å². The van der Waals surface area contributed by atoms with Gasteiger partial charge in [-0.1, -0.05) is 26.0 Å². The molecule has 1 fully saturated rings. The molecule has 1 aliphatic rings. The summed E-state index contributed by atoms with van der Waals surface area (Å²) in [5.41, 5.74) is 2.05. The number of hydrogen-bond donors (Lipinski definition) is 0. The third-order valence-electron chi connectivity index (χ3n) is 5.25. The maximum absolute atomic E-state index is 13.0. The zero-order chi connectivity index (χ0) is 18.4. The molecule has 1 aromatic carbocycles. The summed E-state index contributed by atoms with van der Waals surface area (Å²) >= 11 is 0. The third kappa shape index (κ3) is 2.79. The Morgan fingerprint density at radius 2 is 1.88 bits per heavy atom. The van der Waals surface area contributed by atoms with Crippen LogP contribution >= 0.6 is 0 Å². The van der Waals surface area contributed by atoms with Gasteiger partial charge in [-0.05, 0) is 37.3 Å². The number of hydrogen-bond acceptors (Lipinski definition) is 3. The first-order valence-electron chi connectivity index (χ1n) is 9.19. The molecule has 3 heterocycles. The molecule has 0 saturated carbocycles. The number of piperidine rings is 1. The van der Waals surface area contributed by atoms with Crippen LogP contribution in [0.1, 0.15) is 26.0 Å². The molecule has 0 bridgehead atoms. The van der Waals surface area contributed by atoms with E-state index in [1.807, 2.05) is 45.3 Å². The van der Waals surface area contributed by atoms with E-state index in [-0.39, 0.29) is 18.0 Å². The van der Waals surface area contributed by atoms with Crippen LogP contribution in [-0.2, 0) is 11.3 Å². The van der Waals surface area contributed by atoms with Crippen LogP contribution in [0.3, 0.4) is 0 Å². The molecule has 2 atom stereocenters. The van der Waals surface area contributed by atoms with Crippen LogP contribution in [0.15, 0.2) is 35.1 Å². The predicted octanol–water partition coefficient (Wildman–Crippen LogP) is 2.46. The SMILES string of the molecule is Cc1cc(=O)nc2c3ccccc3n(CC(=O)N3CC(C)CC(C)C3)n12. The number of benzene rings is 1. The van der Waals surface area contributed by atoms with Crippen molar-refractivity contribution in [2.24, 2.45) is 11.8 Å². The molecule has 1 saturated heterocycles. The lowest BCUT2D eigenvalue weighted by Crippen LogP contribution is -2.44. The molecule has 26 heavy (non-hydrogen) atoms. The highest BCUT2D eigenvalue weighted by Gasteiger charge is 2.26. The highest BCUT2D eigenvalue weighted by molar-refractivity contribution is 5.93. The number of nitrogens with zero attached hydrogens (tertiary/aromatic N) is 4. The quantitative estimate of drug-likeness (QED) is 0.712. The Kier molecular flexibility index (Phi) is 4.05. The molecule has 0 aliphatic carbocycles. The van der Waals surface area contributed by atoms with Crippen molar-refractivity contribution >= 4 is 22.5 Å². The predicted molar refractivity (Wildman–Crippen MR) is 101 cm³/mol. The van der Waals surface area contributed by atoms with E-state index in [1.54, 1.807) is 0 Å². The number of aromatic nitrogens is 3. The second-order valence-electron chi connectivity index (χ2n) is 7.69. The Labute approximate surface area is 152 Å². The minimum Gasteiger partial charge on any atom is -0.341 e. The van der Waals surface area contributed by atoms with Gasteiger partial charge in [0.1, 0.15) is 6.54 Å². The van der Waals surface area contributed by atoms with Crippen LogP contribution in [0, 0.1) is 18.8 Å². The zero-order valence-electron chi connectivity index (χ0n) is 15.5. The number of carbonyl (C=O) groups excluding carboxylic acids is 1. The molecule has 1 aliphatic heterocycles. The first-order valence-corrected chi connectivity index (χ1v) is 9.19. The molecule has 6 nitrogen and oxygen atoms in total. The molecule has 0 N–H and O–H groups in total. The van der Waals surface area contributed by atoms with Gasteiger partial charge in [0.15, 0.2) is 5.65 Å². The molecule has 2 unspecified atom stereocenters. The summed E-state index contributed by atoms with van der Waals surface area (Å²) in [6.45, 7) is 8.15. The van der Waals surface area contributed by atoms with Crippen LogP contribution < -0.4 is 5.56 Å². The van der Waals surface area contributed by atoms with Crippen LogP contribution in [-0.4, -0.2) is 38.1 Å². The average Bonchev–Trinajstić information content (AvgIpc) is 2.88. The topological polar surface area (TPSA) is 59.6 Å². The van der Waals surface area contributed by atoms with Crippen molar-refractivity contribution in [1.82, 2.24) is 19.1 Å². The number of carbonyl (C=O) groups is 1. The molecule has 2 aromatic heterocycles.